The van der Waals surface area contributed by atoms with E-state index in [0.29, 0.717) is 5.92 Å². The number of benzene rings is 1. The van der Waals surface area contributed by atoms with Crippen LogP contribution in [-0.4, -0.2) is 47.7 Å². The predicted molar refractivity (Wildman–Crippen MR) is 82.6 cm³/mol. The number of anilines is 1. The highest BCUT2D eigenvalue weighted by atomic mass is 16.6. The van der Waals surface area contributed by atoms with E-state index in [2.05, 4.69) is 10.2 Å². The van der Waals surface area contributed by atoms with Crippen molar-refractivity contribution in [2.24, 2.45) is 5.92 Å². The minimum atomic E-state index is -0.542. The van der Waals surface area contributed by atoms with E-state index >= 15 is 0 Å². The first-order chi connectivity index (χ1) is 10.6. The van der Waals surface area contributed by atoms with Gasteiger partial charge in [-0.2, -0.15) is 5.26 Å². The third-order valence-corrected chi connectivity index (χ3v) is 4.03. The Morgan fingerprint density at radius 3 is 2.77 bits per heavy atom. The molecular weight excluding hydrogens is 284 g/mol. The van der Waals surface area contributed by atoms with Crippen molar-refractivity contribution >= 4 is 11.4 Å². The van der Waals surface area contributed by atoms with E-state index in [1.54, 1.807) is 6.07 Å². The molecular formula is C15H20N4O3. The molecule has 0 atom stereocenters. The van der Waals surface area contributed by atoms with Crippen LogP contribution in [0.25, 0.3) is 0 Å². The Kier molecular flexibility index (Phi) is 5.69. The number of rotatable bonds is 6. The number of nitro groups is 1. The van der Waals surface area contributed by atoms with Crippen LogP contribution >= 0.6 is 0 Å². The molecule has 0 amide bonds. The van der Waals surface area contributed by atoms with Gasteiger partial charge in [0.1, 0.15) is 11.6 Å². The first-order valence-electron chi connectivity index (χ1n) is 7.39. The van der Waals surface area contributed by atoms with E-state index in [1.165, 1.54) is 12.1 Å². The molecule has 1 aromatic carbocycles. The van der Waals surface area contributed by atoms with Crippen molar-refractivity contribution in [1.29, 1.82) is 5.26 Å². The molecule has 0 bridgehead atoms. The quantitative estimate of drug-likeness (QED) is 0.611. The van der Waals surface area contributed by atoms with Gasteiger partial charge in [-0.3, -0.25) is 10.1 Å². The van der Waals surface area contributed by atoms with Gasteiger partial charge in [-0.25, -0.2) is 0 Å². The van der Waals surface area contributed by atoms with Crippen molar-refractivity contribution in [2.75, 3.05) is 38.1 Å². The molecule has 0 aliphatic carbocycles. The van der Waals surface area contributed by atoms with Crippen molar-refractivity contribution in [3.8, 4) is 6.07 Å². The van der Waals surface area contributed by atoms with Crippen molar-refractivity contribution in [2.45, 2.75) is 12.8 Å². The summed E-state index contributed by atoms with van der Waals surface area (Å²) in [6, 6.07) is 6.39. The van der Waals surface area contributed by atoms with Gasteiger partial charge in [-0.1, -0.05) is 0 Å². The normalized spacial score (nSPS) is 16.2. The Labute approximate surface area is 129 Å². The van der Waals surface area contributed by atoms with Crippen LogP contribution < -0.4 is 5.32 Å². The molecule has 22 heavy (non-hydrogen) atoms. The number of hydrogen-bond donors (Lipinski definition) is 2. The number of nitro benzene ring substituents is 1. The lowest BCUT2D eigenvalue weighted by Gasteiger charge is -2.31. The molecule has 1 fully saturated rings. The van der Waals surface area contributed by atoms with E-state index in [-0.39, 0.29) is 17.9 Å². The molecule has 2 rings (SSSR count). The minimum absolute atomic E-state index is 0.0766. The summed E-state index contributed by atoms with van der Waals surface area (Å²) in [7, 11) is 0. The molecule has 0 unspecified atom stereocenters. The van der Waals surface area contributed by atoms with Gasteiger partial charge in [0.2, 0.25) is 0 Å². The summed E-state index contributed by atoms with van der Waals surface area (Å²) in [5.41, 5.74) is 0.651. The zero-order valence-corrected chi connectivity index (χ0v) is 12.4. The van der Waals surface area contributed by atoms with Crippen LogP contribution in [0, 0.1) is 27.4 Å². The highest BCUT2D eigenvalue weighted by molar-refractivity contribution is 5.58. The topological polar surface area (TPSA) is 102 Å². The minimum Gasteiger partial charge on any atom is -0.395 e. The molecule has 0 saturated carbocycles. The molecule has 1 aliphatic rings. The fourth-order valence-corrected chi connectivity index (χ4v) is 2.71. The number of nitrogens with one attached hydrogen (secondary N) is 1. The van der Waals surface area contributed by atoms with Gasteiger partial charge < -0.3 is 15.3 Å². The van der Waals surface area contributed by atoms with Crippen LogP contribution in [0.1, 0.15) is 18.4 Å². The number of piperidine rings is 1. The average Bonchev–Trinajstić information content (AvgIpc) is 2.54. The Bertz CT molecular complexity index is 562. The lowest BCUT2D eigenvalue weighted by Crippen LogP contribution is -2.37. The van der Waals surface area contributed by atoms with Gasteiger partial charge in [0.25, 0.3) is 5.69 Å². The van der Waals surface area contributed by atoms with Crippen molar-refractivity contribution in [3.05, 3.63) is 33.9 Å². The summed E-state index contributed by atoms with van der Waals surface area (Å²) in [4.78, 5) is 12.5. The number of β-amino-alcohol motifs (C(OH)–C–C–N with tert-alkyl or cyclic N) is 1. The lowest BCUT2D eigenvalue weighted by atomic mass is 9.96. The van der Waals surface area contributed by atoms with Crippen molar-refractivity contribution in [1.82, 2.24) is 4.90 Å². The maximum absolute atomic E-state index is 10.8. The van der Waals surface area contributed by atoms with E-state index in [0.717, 1.165) is 44.7 Å². The van der Waals surface area contributed by atoms with E-state index in [1.807, 2.05) is 6.07 Å². The van der Waals surface area contributed by atoms with Gasteiger partial charge in [0.15, 0.2) is 0 Å². The Balaban J connectivity index is 1.88. The fraction of sp³-hybridized carbons (Fsp3) is 0.533. The molecule has 1 saturated heterocycles. The molecule has 7 nitrogen and oxygen atoms in total. The summed E-state index contributed by atoms with van der Waals surface area (Å²) < 4.78 is 0. The maximum atomic E-state index is 10.8. The zero-order chi connectivity index (χ0) is 15.9. The maximum Gasteiger partial charge on any atom is 0.287 e. The number of aliphatic hydroxyl groups excluding tert-OH is 1. The molecule has 118 valence electrons. The van der Waals surface area contributed by atoms with Crippen LogP contribution in [0.5, 0.6) is 0 Å². The number of nitrogens with zero attached hydrogens (tertiary/aromatic N) is 3. The van der Waals surface area contributed by atoms with Crippen LogP contribution in [-0.2, 0) is 0 Å². The molecule has 0 spiro atoms. The van der Waals surface area contributed by atoms with Crippen LogP contribution in [0.3, 0.4) is 0 Å². The molecule has 2 N–H and O–H groups in total. The van der Waals surface area contributed by atoms with Crippen molar-refractivity contribution in [3.63, 3.8) is 0 Å². The number of nitriles is 1. The second kappa shape index (κ2) is 7.73. The molecule has 0 aromatic heterocycles. The fourth-order valence-electron chi connectivity index (χ4n) is 2.71. The van der Waals surface area contributed by atoms with E-state index < -0.39 is 4.92 Å². The second-order valence-electron chi connectivity index (χ2n) is 5.49. The lowest BCUT2D eigenvalue weighted by molar-refractivity contribution is -0.385. The second-order valence-corrected chi connectivity index (χ2v) is 5.49. The summed E-state index contributed by atoms with van der Waals surface area (Å²) in [6.45, 7) is 3.68. The first kappa shape index (κ1) is 16.2. The standard InChI is InChI=1S/C15H20N4O3/c16-10-13-9-14(1-2-15(13)19(21)22)17-11-12-3-5-18(6-4-12)7-8-20/h1-2,9,12,17,20H,3-8,11H2. The Morgan fingerprint density at radius 2 is 2.18 bits per heavy atom. The van der Waals surface area contributed by atoms with Gasteiger partial charge in [-0.05, 0) is 44.0 Å². The average molecular weight is 304 g/mol. The largest absolute Gasteiger partial charge is 0.395 e. The highest BCUT2D eigenvalue weighted by Crippen LogP contribution is 2.23. The summed E-state index contributed by atoms with van der Waals surface area (Å²) in [5.74, 6) is 0.538. The monoisotopic (exact) mass is 304 g/mol. The number of aliphatic hydroxyl groups is 1. The van der Waals surface area contributed by atoms with Crippen molar-refractivity contribution < 1.29 is 10.0 Å². The molecule has 1 aromatic rings. The van der Waals surface area contributed by atoms with Gasteiger partial charge in [0.05, 0.1) is 11.5 Å². The summed E-state index contributed by atoms with van der Waals surface area (Å²) >= 11 is 0. The van der Waals surface area contributed by atoms with Crippen LogP contribution in [0.15, 0.2) is 18.2 Å². The van der Waals surface area contributed by atoms with Crippen LogP contribution in [0.4, 0.5) is 11.4 Å². The summed E-state index contributed by atoms with van der Waals surface area (Å²) in [5, 5.41) is 32.0. The molecule has 1 heterocycles. The van der Waals surface area contributed by atoms with Gasteiger partial charge in [-0.15, -0.1) is 0 Å². The van der Waals surface area contributed by atoms with E-state index in [4.69, 9.17) is 10.4 Å². The number of likely N-dealkylation sites (tertiary alicyclic amines) is 1. The van der Waals surface area contributed by atoms with E-state index in [9.17, 15) is 10.1 Å². The Morgan fingerprint density at radius 1 is 1.45 bits per heavy atom. The molecule has 0 radical (unpaired) electrons. The van der Waals surface area contributed by atoms with Crippen LogP contribution in [0.2, 0.25) is 0 Å². The highest BCUT2D eigenvalue weighted by Gasteiger charge is 2.19. The smallest absolute Gasteiger partial charge is 0.287 e. The molecule has 1 aliphatic heterocycles. The van der Waals surface area contributed by atoms with Gasteiger partial charge >= 0.3 is 0 Å². The predicted octanol–water partition coefficient (Wildman–Crippen LogP) is 1.58. The zero-order valence-electron chi connectivity index (χ0n) is 12.4. The van der Waals surface area contributed by atoms with Gasteiger partial charge in [0, 0.05) is 24.8 Å². The first-order valence-corrected chi connectivity index (χ1v) is 7.39. The SMILES string of the molecule is N#Cc1cc(NCC2CCN(CCO)CC2)ccc1[N+](=O)[O-]. The Hall–Kier alpha value is -2.17. The third-order valence-electron chi connectivity index (χ3n) is 4.03. The number of hydrogen-bond acceptors (Lipinski definition) is 6. The third kappa shape index (κ3) is 4.16. The molecule has 7 heteroatoms. The summed E-state index contributed by atoms with van der Waals surface area (Å²) in [6.07, 6.45) is 2.12.